The van der Waals surface area contributed by atoms with E-state index in [9.17, 15) is 9.18 Å². The van der Waals surface area contributed by atoms with Gasteiger partial charge in [-0.25, -0.2) is 9.82 Å². The monoisotopic (exact) mass is 330 g/mol. The van der Waals surface area contributed by atoms with Crippen LogP contribution in [0.15, 0.2) is 47.6 Å². The summed E-state index contributed by atoms with van der Waals surface area (Å²) in [4.78, 5) is 11.9. The minimum absolute atomic E-state index is 0.329. The summed E-state index contributed by atoms with van der Waals surface area (Å²) < 4.78 is 23.7. The van der Waals surface area contributed by atoms with Crippen molar-refractivity contribution in [3.05, 3.63) is 59.4 Å². The van der Waals surface area contributed by atoms with E-state index in [0.29, 0.717) is 23.7 Å². The Bertz CT molecular complexity index is 715. The highest BCUT2D eigenvalue weighted by molar-refractivity contribution is 5.94. The molecule has 0 aliphatic carbocycles. The normalized spacial score (nSPS) is 10.6. The van der Waals surface area contributed by atoms with Crippen molar-refractivity contribution in [3.8, 4) is 11.5 Å². The van der Waals surface area contributed by atoms with Crippen LogP contribution < -0.4 is 14.9 Å². The lowest BCUT2D eigenvalue weighted by molar-refractivity contribution is 0.0955. The van der Waals surface area contributed by atoms with Gasteiger partial charge in [-0.3, -0.25) is 4.79 Å². The summed E-state index contributed by atoms with van der Waals surface area (Å²) in [6, 6.07) is 10.6. The van der Waals surface area contributed by atoms with Crippen molar-refractivity contribution in [2.24, 2.45) is 5.10 Å². The molecule has 2 aromatic rings. The van der Waals surface area contributed by atoms with Gasteiger partial charge in [0.15, 0.2) is 11.5 Å². The summed E-state index contributed by atoms with van der Waals surface area (Å²) in [7, 11) is 1.57. The third-order valence-electron chi connectivity index (χ3n) is 3.14. The van der Waals surface area contributed by atoms with E-state index in [1.54, 1.807) is 25.3 Å². The molecule has 2 aromatic carbocycles. The Morgan fingerprint density at radius 2 is 1.96 bits per heavy atom. The van der Waals surface area contributed by atoms with Crippen LogP contribution in [-0.2, 0) is 0 Å². The van der Waals surface area contributed by atoms with Crippen molar-refractivity contribution in [2.75, 3.05) is 13.7 Å². The average Bonchev–Trinajstić information content (AvgIpc) is 2.60. The molecular weight excluding hydrogens is 311 g/mol. The van der Waals surface area contributed by atoms with Gasteiger partial charge in [-0.2, -0.15) is 5.10 Å². The van der Waals surface area contributed by atoms with Crippen LogP contribution in [-0.4, -0.2) is 25.8 Å². The van der Waals surface area contributed by atoms with Crippen molar-refractivity contribution in [1.82, 2.24) is 5.43 Å². The SMILES string of the molecule is CCCOc1cc(/C=N\NC(=O)c2ccc(F)cc2)ccc1OC. The molecule has 0 atom stereocenters. The first-order valence-electron chi connectivity index (χ1n) is 7.54. The van der Waals surface area contributed by atoms with E-state index in [0.717, 1.165) is 12.0 Å². The van der Waals surface area contributed by atoms with E-state index in [1.165, 1.54) is 30.5 Å². The van der Waals surface area contributed by atoms with Crippen molar-refractivity contribution in [3.63, 3.8) is 0 Å². The molecule has 0 saturated carbocycles. The smallest absolute Gasteiger partial charge is 0.271 e. The van der Waals surface area contributed by atoms with Gasteiger partial charge in [0.2, 0.25) is 0 Å². The first-order valence-corrected chi connectivity index (χ1v) is 7.54. The molecule has 0 spiro atoms. The van der Waals surface area contributed by atoms with Crippen molar-refractivity contribution >= 4 is 12.1 Å². The third kappa shape index (κ3) is 4.81. The maximum atomic E-state index is 12.8. The quantitative estimate of drug-likeness (QED) is 0.625. The molecule has 0 aromatic heterocycles. The molecule has 24 heavy (non-hydrogen) atoms. The van der Waals surface area contributed by atoms with Crippen LogP contribution in [0.1, 0.15) is 29.3 Å². The highest BCUT2D eigenvalue weighted by Gasteiger charge is 2.06. The number of nitrogens with zero attached hydrogens (tertiary/aromatic N) is 1. The van der Waals surface area contributed by atoms with E-state index in [-0.39, 0.29) is 0 Å². The van der Waals surface area contributed by atoms with Gasteiger partial charge < -0.3 is 9.47 Å². The number of benzene rings is 2. The fourth-order valence-electron chi connectivity index (χ4n) is 1.93. The van der Waals surface area contributed by atoms with Crippen LogP contribution in [0, 0.1) is 5.82 Å². The van der Waals surface area contributed by atoms with Gasteiger partial charge in [-0.1, -0.05) is 6.92 Å². The zero-order valence-corrected chi connectivity index (χ0v) is 13.6. The molecular formula is C18H19FN2O3. The zero-order valence-electron chi connectivity index (χ0n) is 13.6. The number of hydrogen-bond donors (Lipinski definition) is 1. The summed E-state index contributed by atoms with van der Waals surface area (Å²) in [6.07, 6.45) is 2.38. The number of carbonyl (C=O) groups is 1. The fourth-order valence-corrected chi connectivity index (χ4v) is 1.93. The Morgan fingerprint density at radius 3 is 2.62 bits per heavy atom. The summed E-state index contributed by atoms with van der Waals surface area (Å²) >= 11 is 0. The molecule has 0 saturated heterocycles. The number of rotatable bonds is 7. The number of carbonyl (C=O) groups excluding carboxylic acids is 1. The predicted molar refractivity (Wildman–Crippen MR) is 90.2 cm³/mol. The largest absolute Gasteiger partial charge is 0.493 e. The van der Waals surface area contributed by atoms with Crippen LogP contribution in [0.3, 0.4) is 0 Å². The van der Waals surface area contributed by atoms with E-state index in [2.05, 4.69) is 10.5 Å². The zero-order chi connectivity index (χ0) is 17.4. The van der Waals surface area contributed by atoms with E-state index in [1.807, 2.05) is 6.92 Å². The summed E-state index contributed by atoms with van der Waals surface area (Å²) in [5.74, 6) is 0.444. The van der Waals surface area contributed by atoms with Gasteiger partial charge in [-0.05, 0) is 54.4 Å². The Morgan fingerprint density at radius 1 is 1.21 bits per heavy atom. The Hall–Kier alpha value is -2.89. The molecule has 6 heteroatoms. The van der Waals surface area contributed by atoms with E-state index < -0.39 is 11.7 Å². The van der Waals surface area contributed by atoms with Gasteiger partial charge in [-0.15, -0.1) is 0 Å². The lowest BCUT2D eigenvalue weighted by atomic mass is 10.2. The first kappa shape index (κ1) is 17.5. The topological polar surface area (TPSA) is 59.9 Å². The maximum absolute atomic E-state index is 12.8. The van der Waals surface area contributed by atoms with Crippen molar-refractivity contribution in [1.29, 1.82) is 0 Å². The Balaban J connectivity index is 2.03. The molecule has 0 heterocycles. The van der Waals surface area contributed by atoms with Crippen LogP contribution in [0.5, 0.6) is 11.5 Å². The van der Waals surface area contributed by atoms with Gasteiger partial charge >= 0.3 is 0 Å². The number of halogens is 1. The molecule has 1 amide bonds. The van der Waals surface area contributed by atoms with Gasteiger partial charge in [0, 0.05) is 5.56 Å². The van der Waals surface area contributed by atoms with E-state index in [4.69, 9.17) is 9.47 Å². The number of amides is 1. The molecule has 0 radical (unpaired) electrons. The number of nitrogens with one attached hydrogen (secondary N) is 1. The molecule has 0 unspecified atom stereocenters. The molecule has 0 aliphatic heterocycles. The number of methoxy groups -OCH3 is 1. The minimum Gasteiger partial charge on any atom is -0.493 e. The summed E-state index contributed by atoms with van der Waals surface area (Å²) in [6.45, 7) is 2.60. The highest BCUT2D eigenvalue weighted by atomic mass is 19.1. The average molecular weight is 330 g/mol. The van der Waals surface area contributed by atoms with E-state index >= 15 is 0 Å². The number of hydrazone groups is 1. The number of ether oxygens (including phenoxy) is 2. The van der Waals surface area contributed by atoms with Crippen LogP contribution in [0.25, 0.3) is 0 Å². The Kier molecular flexibility index (Phi) is 6.31. The predicted octanol–water partition coefficient (Wildman–Crippen LogP) is 3.39. The third-order valence-corrected chi connectivity index (χ3v) is 3.14. The second kappa shape index (κ2) is 8.67. The molecule has 1 N–H and O–H groups in total. The van der Waals surface area contributed by atoms with Crippen molar-refractivity contribution in [2.45, 2.75) is 13.3 Å². The van der Waals surface area contributed by atoms with Crippen LogP contribution >= 0.6 is 0 Å². The van der Waals surface area contributed by atoms with Gasteiger partial charge in [0.25, 0.3) is 5.91 Å². The molecule has 5 nitrogen and oxygen atoms in total. The molecule has 0 fully saturated rings. The molecule has 2 rings (SSSR count). The fraction of sp³-hybridized carbons (Fsp3) is 0.222. The van der Waals surface area contributed by atoms with Crippen LogP contribution in [0.4, 0.5) is 4.39 Å². The second-order valence-electron chi connectivity index (χ2n) is 4.96. The van der Waals surface area contributed by atoms with Crippen LogP contribution in [0.2, 0.25) is 0 Å². The maximum Gasteiger partial charge on any atom is 0.271 e. The molecule has 0 bridgehead atoms. The lowest BCUT2D eigenvalue weighted by Gasteiger charge is -2.10. The molecule has 0 aliphatic rings. The van der Waals surface area contributed by atoms with Crippen molar-refractivity contribution < 1.29 is 18.7 Å². The summed E-state index contributed by atoms with van der Waals surface area (Å²) in [5.41, 5.74) is 3.47. The second-order valence-corrected chi connectivity index (χ2v) is 4.96. The van der Waals surface area contributed by atoms with Gasteiger partial charge in [0.1, 0.15) is 5.82 Å². The van der Waals surface area contributed by atoms with Gasteiger partial charge in [0.05, 0.1) is 19.9 Å². The lowest BCUT2D eigenvalue weighted by Crippen LogP contribution is -2.17. The Labute approximate surface area is 140 Å². The first-order chi connectivity index (χ1) is 11.6. The highest BCUT2D eigenvalue weighted by Crippen LogP contribution is 2.27. The minimum atomic E-state index is -0.415. The standard InChI is InChI=1S/C18H19FN2O3/c1-3-10-24-17-11-13(4-9-16(17)23-2)12-20-21-18(22)14-5-7-15(19)8-6-14/h4-9,11-12H,3,10H2,1-2H3,(H,21,22)/b20-12-. The molecule has 126 valence electrons. The number of hydrogen-bond acceptors (Lipinski definition) is 4. The summed E-state index contributed by atoms with van der Waals surface area (Å²) in [5, 5.41) is 3.90.